The number of allylic oxidation sites excluding steroid dienone is 1. The number of thiophene rings is 1. The predicted octanol–water partition coefficient (Wildman–Crippen LogP) is 3.22. The van der Waals surface area contributed by atoms with Crippen LogP contribution < -0.4 is 14.9 Å². The smallest absolute Gasteiger partial charge is 0.255 e. The van der Waals surface area contributed by atoms with Gasteiger partial charge in [0.25, 0.3) is 5.91 Å². The van der Waals surface area contributed by atoms with Crippen LogP contribution in [0.5, 0.6) is 0 Å². The van der Waals surface area contributed by atoms with E-state index < -0.39 is 10.0 Å². The number of nitrogens with zero attached hydrogens (tertiary/aromatic N) is 1. The highest BCUT2D eigenvalue weighted by Crippen LogP contribution is 2.33. The first-order chi connectivity index (χ1) is 14.4. The number of amides is 1. The van der Waals surface area contributed by atoms with E-state index in [2.05, 4.69) is 22.2 Å². The SMILES string of the molecule is CNS(=O)(=O)C(Cc1ccc(Cl)s1)=C1CCN(c2ccc3c(c2)CCCNC3)C1=O. The molecule has 1 amide bonds. The molecule has 3 heterocycles. The summed E-state index contributed by atoms with van der Waals surface area (Å²) in [4.78, 5) is 15.9. The van der Waals surface area contributed by atoms with Crippen LogP contribution in [0, 0.1) is 0 Å². The number of rotatable bonds is 5. The van der Waals surface area contributed by atoms with E-state index in [9.17, 15) is 13.2 Å². The van der Waals surface area contributed by atoms with E-state index in [-0.39, 0.29) is 17.2 Å². The first-order valence-electron chi connectivity index (χ1n) is 9.93. The van der Waals surface area contributed by atoms with Gasteiger partial charge in [0.15, 0.2) is 0 Å². The topological polar surface area (TPSA) is 78.5 Å². The maximum atomic E-state index is 13.3. The molecule has 9 heteroatoms. The Bertz CT molecular complexity index is 1110. The van der Waals surface area contributed by atoms with Crippen molar-refractivity contribution in [2.24, 2.45) is 0 Å². The number of carbonyl (C=O) groups excluding carboxylic acids is 1. The summed E-state index contributed by atoms with van der Waals surface area (Å²) in [6, 6.07) is 9.64. The van der Waals surface area contributed by atoms with Crippen LogP contribution in [0.15, 0.2) is 40.8 Å². The number of hydrogen-bond donors (Lipinski definition) is 2. The minimum Gasteiger partial charge on any atom is -0.313 e. The lowest BCUT2D eigenvalue weighted by atomic mass is 10.0. The number of nitrogens with one attached hydrogen (secondary N) is 2. The van der Waals surface area contributed by atoms with E-state index in [4.69, 9.17) is 11.6 Å². The van der Waals surface area contributed by atoms with E-state index in [1.165, 1.54) is 29.5 Å². The van der Waals surface area contributed by atoms with Gasteiger partial charge in [0, 0.05) is 35.6 Å². The molecule has 30 heavy (non-hydrogen) atoms. The lowest BCUT2D eigenvalue weighted by Crippen LogP contribution is -2.28. The van der Waals surface area contributed by atoms with Gasteiger partial charge in [-0.3, -0.25) is 4.79 Å². The second-order valence-corrected chi connectivity index (χ2v) is 11.1. The standard InChI is InChI=1S/C21H24ClN3O3S2/c1-23-30(27,28)19(12-17-6-7-20(22)29-17)18-8-10-25(21(18)26)16-5-4-15-13-24-9-2-3-14(15)11-16/h4-7,11,23-24H,2-3,8-10,12-13H2,1H3. The summed E-state index contributed by atoms with van der Waals surface area (Å²) in [5.74, 6) is -0.238. The van der Waals surface area contributed by atoms with E-state index in [1.807, 2.05) is 6.07 Å². The Balaban J connectivity index is 1.68. The maximum Gasteiger partial charge on any atom is 0.255 e. The number of hydrogen-bond acceptors (Lipinski definition) is 5. The number of benzene rings is 1. The molecule has 2 N–H and O–H groups in total. The molecule has 0 bridgehead atoms. The molecule has 2 aliphatic heterocycles. The van der Waals surface area contributed by atoms with Crippen molar-refractivity contribution < 1.29 is 13.2 Å². The highest BCUT2D eigenvalue weighted by atomic mass is 35.5. The molecule has 160 valence electrons. The van der Waals surface area contributed by atoms with E-state index in [0.29, 0.717) is 22.9 Å². The Hall–Kier alpha value is -1.71. The van der Waals surface area contributed by atoms with Crippen LogP contribution in [0.4, 0.5) is 5.69 Å². The van der Waals surface area contributed by atoms with Gasteiger partial charge < -0.3 is 10.2 Å². The molecule has 1 aromatic heterocycles. The zero-order chi connectivity index (χ0) is 21.3. The minimum atomic E-state index is -3.75. The van der Waals surface area contributed by atoms with Crippen LogP contribution in [0.25, 0.3) is 0 Å². The third-order valence-electron chi connectivity index (χ3n) is 5.60. The monoisotopic (exact) mass is 465 g/mol. The van der Waals surface area contributed by atoms with Gasteiger partial charge >= 0.3 is 0 Å². The van der Waals surface area contributed by atoms with Gasteiger partial charge in [-0.05, 0) is 68.2 Å². The normalized spacial score (nSPS) is 19.0. The lowest BCUT2D eigenvalue weighted by molar-refractivity contribution is -0.114. The summed E-state index contributed by atoms with van der Waals surface area (Å²) in [5.41, 5.74) is 3.69. The second-order valence-electron chi connectivity index (χ2n) is 7.43. The molecular weight excluding hydrogens is 442 g/mol. The van der Waals surface area contributed by atoms with Crippen molar-refractivity contribution in [1.82, 2.24) is 10.0 Å². The van der Waals surface area contributed by atoms with Crippen molar-refractivity contribution in [3.8, 4) is 0 Å². The fourth-order valence-corrected chi connectivity index (χ4v) is 6.30. The number of sulfonamides is 1. The molecule has 2 aromatic rings. The number of halogens is 1. The third kappa shape index (κ3) is 4.33. The van der Waals surface area contributed by atoms with E-state index >= 15 is 0 Å². The fourth-order valence-electron chi connectivity index (χ4n) is 4.00. The van der Waals surface area contributed by atoms with Crippen LogP contribution in [0.2, 0.25) is 4.34 Å². The Morgan fingerprint density at radius 1 is 1.23 bits per heavy atom. The average molecular weight is 466 g/mol. The van der Waals surface area contributed by atoms with E-state index in [1.54, 1.807) is 17.0 Å². The summed E-state index contributed by atoms with van der Waals surface area (Å²) < 4.78 is 28.5. The summed E-state index contributed by atoms with van der Waals surface area (Å²) in [5, 5.41) is 3.40. The van der Waals surface area contributed by atoms with Crippen molar-refractivity contribution in [2.45, 2.75) is 32.2 Å². The number of fused-ring (bicyclic) bond motifs is 1. The zero-order valence-corrected chi connectivity index (χ0v) is 19.1. The molecule has 2 aliphatic rings. The molecule has 0 saturated carbocycles. The molecule has 6 nitrogen and oxygen atoms in total. The molecule has 1 saturated heterocycles. The fraction of sp³-hybridized carbons (Fsp3) is 0.381. The van der Waals surface area contributed by atoms with Crippen LogP contribution in [-0.2, 0) is 34.2 Å². The van der Waals surface area contributed by atoms with Gasteiger partial charge in [-0.1, -0.05) is 17.7 Å². The largest absolute Gasteiger partial charge is 0.313 e. The highest BCUT2D eigenvalue weighted by molar-refractivity contribution is 7.93. The van der Waals surface area contributed by atoms with Gasteiger partial charge in [0.05, 0.1) is 9.24 Å². The summed E-state index contributed by atoms with van der Waals surface area (Å²) in [6.07, 6.45) is 2.58. The van der Waals surface area contributed by atoms with Crippen LogP contribution in [0.3, 0.4) is 0 Å². The Labute approximate surface area is 186 Å². The van der Waals surface area contributed by atoms with Crippen molar-refractivity contribution >= 4 is 44.6 Å². The molecule has 0 aliphatic carbocycles. The molecule has 1 fully saturated rings. The quantitative estimate of drug-likeness (QED) is 0.664. The molecule has 0 atom stereocenters. The Kier molecular flexibility index (Phi) is 6.31. The Morgan fingerprint density at radius 2 is 2.07 bits per heavy atom. The molecule has 0 radical (unpaired) electrons. The lowest BCUT2D eigenvalue weighted by Gasteiger charge is -2.18. The third-order valence-corrected chi connectivity index (χ3v) is 8.41. The summed E-state index contributed by atoms with van der Waals surface area (Å²) in [7, 11) is -2.38. The average Bonchev–Trinajstić information content (AvgIpc) is 3.22. The Morgan fingerprint density at radius 3 is 2.80 bits per heavy atom. The van der Waals surface area contributed by atoms with Crippen molar-refractivity contribution in [1.29, 1.82) is 0 Å². The molecule has 0 unspecified atom stereocenters. The zero-order valence-electron chi connectivity index (χ0n) is 16.7. The van der Waals surface area contributed by atoms with E-state index in [0.717, 1.165) is 36.5 Å². The van der Waals surface area contributed by atoms with Crippen LogP contribution in [0.1, 0.15) is 28.8 Å². The van der Waals surface area contributed by atoms with Gasteiger partial charge in [0.2, 0.25) is 10.0 Å². The van der Waals surface area contributed by atoms with Crippen molar-refractivity contribution in [3.63, 3.8) is 0 Å². The molecular formula is C21H24ClN3O3S2. The molecule has 4 rings (SSSR count). The number of carbonyl (C=O) groups is 1. The van der Waals surface area contributed by atoms with Gasteiger partial charge in [0.1, 0.15) is 0 Å². The van der Waals surface area contributed by atoms with Gasteiger partial charge in [-0.25, -0.2) is 13.1 Å². The summed E-state index contributed by atoms with van der Waals surface area (Å²) in [6.45, 7) is 2.29. The minimum absolute atomic E-state index is 0.134. The first kappa shape index (κ1) is 21.5. The number of anilines is 1. The van der Waals surface area contributed by atoms with Crippen LogP contribution in [-0.4, -0.2) is 34.5 Å². The van der Waals surface area contributed by atoms with Gasteiger partial charge in [-0.2, -0.15) is 0 Å². The summed E-state index contributed by atoms with van der Waals surface area (Å²) >= 11 is 7.34. The maximum absolute atomic E-state index is 13.3. The van der Waals surface area contributed by atoms with Crippen molar-refractivity contribution in [3.05, 3.63) is 61.2 Å². The molecule has 1 aromatic carbocycles. The van der Waals surface area contributed by atoms with Crippen molar-refractivity contribution in [2.75, 3.05) is 25.0 Å². The first-order valence-corrected chi connectivity index (χ1v) is 12.6. The highest BCUT2D eigenvalue weighted by Gasteiger charge is 2.34. The van der Waals surface area contributed by atoms with Gasteiger partial charge in [-0.15, -0.1) is 11.3 Å². The van der Waals surface area contributed by atoms with Crippen LogP contribution >= 0.6 is 22.9 Å². The second kappa shape index (κ2) is 8.80. The predicted molar refractivity (Wildman–Crippen MR) is 121 cm³/mol. The molecule has 0 spiro atoms. The number of aryl methyl sites for hydroxylation is 1.